The molecule has 0 spiro atoms. The maximum Gasteiger partial charge on any atom is 0.203 e. The van der Waals surface area contributed by atoms with Crippen LogP contribution in [0, 0.1) is 0 Å². The standard InChI is InChI=1S/C18H23NO4.ClH/c1-20-15-8-6-5-7-13(15)11-19-12-14-9-10-16(21-2)18(23-4)17(14)22-3;/h5-10,19H,11-12H2,1-4H3;1H/p-1. The Morgan fingerprint density at radius 1 is 0.667 bits per heavy atom. The molecule has 2 aromatic rings. The molecule has 0 aliphatic heterocycles. The number of ether oxygens (including phenoxy) is 4. The highest BCUT2D eigenvalue weighted by atomic mass is 35.5. The van der Waals surface area contributed by atoms with Crippen LogP contribution in [0.1, 0.15) is 11.1 Å². The Morgan fingerprint density at radius 3 is 1.92 bits per heavy atom. The van der Waals surface area contributed by atoms with Crippen molar-refractivity contribution < 1.29 is 31.4 Å². The molecule has 0 atom stereocenters. The van der Waals surface area contributed by atoms with Gasteiger partial charge in [-0.2, -0.15) is 0 Å². The maximum atomic E-state index is 5.49. The number of nitrogens with one attached hydrogen (secondary N) is 1. The van der Waals surface area contributed by atoms with Gasteiger partial charge in [-0.25, -0.2) is 0 Å². The van der Waals surface area contributed by atoms with Gasteiger partial charge in [0.25, 0.3) is 0 Å². The fourth-order valence-electron chi connectivity index (χ4n) is 2.48. The van der Waals surface area contributed by atoms with Gasteiger partial charge in [0, 0.05) is 24.2 Å². The van der Waals surface area contributed by atoms with Crippen LogP contribution in [0.25, 0.3) is 0 Å². The van der Waals surface area contributed by atoms with E-state index in [9.17, 15) is 0 Å². The Labute approximate surface area is 149 Å². The quantitative estimate of drug-likeness (QED) is 0.725. The fraction of sp³-hybridized carbons (Fsp3) is 0.333. The van der Waals surface area contributed by atoms with Crippen LogP contribution in [-0.4, -0.2) is 28.4 Å². The molecular formula is C18H23ClNO4-. The zero-order chi connectivity index (χ0) is 16.7. The second-order valence-corrected chi connectivity index (χ2v) is 4.91. The zero-order valence-corrected chi connectivity index (χ0v) is 15.1. The predicted octanol–water partition coefficient (Wildman–Crippen LogP) is 0.0148. The number of benzene rings is 2. The smallest absolute Gasteiger partial charge is 0.203 e. The summed E-state index contributed by atoms with van der Waals surface area (Å²) in [6.07, 6.45) is 0. The first kappa shape index (κ1) is 19.9. The number of rotatable bonds is 8. The van der Waals surface area contributed by atoms with Crippen LogP contribution in [0.15, 0.2) is 36.4 Å². The molecule has 132 valence electrons. The first-order chi connectivity index (χ1) is 11.2. The summed E-state index contributed by atoms with van der Waals surface area (Å²) in [6.45, 7) is 1.34. The molecule has 0 saturated heterocycles. The van der Waals surface area contributed by atoms with Gasteiger partial charge in [0.1, 0.15) is 5.75 Å². The van der Waals surface area contributed by atoms with E-state index in [1.165, 1.54) is 0 Å². The molecule has 0 amide bonds. The van der Waals surface area contributed by atoms with Crippen LogP contribution in [-0.2, 0) is 13.1 Å². The highest BCUT2D eigenvalue weighted by molar-refractivity contribution is 5.55. The third kappa shape index (κ3) is 4.46. The number of hydrogen-bond acceptors (Lipinski definition) is 5. The van der Waals surface area contributed by atoms with Crippen LogP contribution in [0.5, 0.6) is 23.0 Å². The lowest BCUT2D eigenvalue weighted by Gasteiger charge is -2.16. The number of halogens is 1. The lowest BCUT2D eigenvalue weighted by atomic mass is 10.1. The average molecular weight is 353 g/mol. The maximum absolute atomic E-state index is 5.49. The van der Waals surface area contributed by atoms with Gasteiger partial charge in [0.2, 0.25) is 5.75 Å². The lowest BCUT2D eigenvalue weighted by molar-refractivity contribution is -0.00000578. The molecule has 0 bridgehead atoms. The highest BCUT2D eigenvalue weighted by Crippen LogP contribution is 2.39. The summed E-state index contributed by atoms with van der Waals surface area (Å²) in [5, 5.41) is 3.40. The molecule has 0 saturated carbocycles. The van der Waals surface area contributed by atoms with Crippen LogP contribution in [0.4, 0.5) is 0 Å². The van der Waals surface area contributed by atoms with Gasteiger partial charge in [0.15, 0.2) is 11.5 Å². The van der Waals surface area contributed by atoms with Crippen molar-refractivity contribution in [2.24, 2.45) is 0 Å². The molecule has 0 heterocycles. The van der Waals surface area contributed by atoms with Crippen molar-refractivity contribution in [1.82, 2.24) is 5.32 Å². The molecule has 24 heavy (non-hydrogen) atoms. The van der Waals surface area contributed by atoms with E-state index in [4.69, 9.17) is 18.9 Å². The van der Waals surface area contributed by atoms with Crippen molar-refractivity contribution in [3.05, 3.63) is 47.5 Å². The number of para-hydroxylation sites is 1. The molecule has 0 fully saturated rings. The van der Waals surface area contributed by atoms with Gasteiger partial charge < -0.3 is 36.7 Å². The first-order valence-corrected chi connectivity index (χ1v) is 7.35. The first-order valence-electron chi connectivity index (χ1n) is 7.35. The van der Waals surface area contributed by atoms with Gasteiger partial charge in [-0.1, -0.05) is 24.3 Å². The average Bonchev–Trinajstić information content (AvgIpc) is 2.61. The van der Waals surface area contributed by atoms with E-state index < -0.39 is 0 Å². The summed E-state index contributed by atoms with van der Waals surface area (Å²) in [5.41, 5.74) is 2.11. The molecule has 6 heteroatoms. The minimum absolute atomic E-state index is 0. The molecule has 0 aliphatic carbocycles. The molecule has 1 N–H and O–H groups in total. The van der Waals surface area contributed by atoms with Gasteiger partial charge in [-0.15, -0.1) is 0 Å². The SMILES string of the molecule is COc1ccccc1CNCc1ccc(OC)c(OC)c1OC.[Cl-]. The van der Waals surface area contributed by atoms with Crippen LogP contribution in [0.2, 0.25) is 0 Å². The molecular weight excluding hydrogens is 330 g/mol. The molecule has 0 aliphatic rings. The zero-order valence-electron chi connectivity index (χ0n) is 14.4. The summed E-state index contributed by atoms with van der Waals surface area (Å²) >= 11 is 0. The second kappa shape index (κ2) is 9.90. The van der Waals surface area contributed by atoms with E-state index in [0.29, 0.717) is 30.3 Å². The summed E-state index contributed by atoms with van der Waals surface area (Å²) in [5.74, 6) is 2.81. The van der Waals surface area contributed by atoms with Crippen molar-refractivity contribution in [3.8, 4) is 23.0 Å². The monoisotopic (exact) mass is 352 g/mol. The molecule has 5 nitrogen and oxygen atoms in total. The van der Waals surface area contributed by atoms with Crippen LogP contribution < -0.4 is 36.7 Å². The Morgan fingerprint density at radius 2 is 1.29 bits per heavy atom. The van der Waals surface area contributed by atoms with Crippen molar-refractivity contribution in [2.45, 2.75) is 13.1 Å². The predicted molar refractivity (Wildman–Crippen MR) is 89.6 cm³/mol. The van der Waals surface area contributed by atoms with Gasteiger partial charge in [0.05, 0.1) is 28.4 Å². The number of methoxy groups -OCH3 is 4. The normalized spacial score (nSPS) is 9.83. The fourth-order valence-corrected chi connectivity index (χ4v) is 2.48. The molecule has 2 aromatic carbocycles. The largest absolute Gasteiger partial charge is 1.00 e. The van der Waals surface area contributed by atoms with Crippen molar-refractivity contribution in [2.75, 3.05) is 28.4 Å². The van der Waals surface area contributed by atoms with E-state index in [1.54, 1.807) is 28.4 Å². The molecule has 0 radical (unpaired) electrons. The Kier molecular flexibility index (Phi) is 8.22. The van der Waals surface area contributed by atoms with Crippen LogP contribution in [0.3, 0.4) is 0 Å². The van der Waals surface area contributed by atoms with Gasteiger partial charge >= 0.3 is 0 Å². The van der Waals surface area contributed by atoms with E-state index in [0.717, 1.165) is 16.9 Å². The highest BCUT2D eigenvalue weighted by Gasteiger charge is 2.15. The Hall–Kier alpha value is -2.11. The van der Waals surface area contributed by atoms with E-state index in [1.807, 2.05) is 36.4 Å². The Balaban J connectivity index is 0.00000288. The van der Waals surface area contributed by atoms with Crippen LogP contribution >= 0.6 is 0 Å². The lowest BCUT2D eigenvalue weighted by Crippen LogP contribution is -3.00. The van der Waals surface area contributed by atoms with Gasteiger partial charge in [-0.05, 0) is 12.1 Å². The van der Waals surface area contributed by atoms with E-state index in [2.05, 4.69) is 5.32 Å². The summed E-state index contributed by atoms with van der Waals surface area (Å²) in [6, 6.07) is 11.8. The number of hydrogen-bond donors (Lipinski definition) is 1. The topological polar surface area (TPSA) is 49.0 Å². The van der Waals surface area contributed by atoms with E-state index >= 15 is 0 Å². The third-order valence-corrected chi connectivity index (χ3v) is 3.61. The van der Waals surface area contributed by atoms with E-state index in [-0.39, 0.29) is 12.4 Å². The minimum atomic E-state index is 0. The summed E-state index contributed by atoms with van der Waals surface area (Å²) < 4.78 is 21.5. The van der Waals surface area contributed by atoms with Crippen molar-refractivity contribution in [3.63, 3.8) is 0 Å². The summed E-state index contributed by atoms with van der Waals surface area (Å²) in [4.78, 5) is 0. The van der Waals surface area contributed by atoms with Gasteiger partial charge in [-0.3, -0.25) is 0 Å². The van der Waals surface area contributed by atoms with Crippen molar-refractivity contribution >= 4 is 0 Å². The molecule has 2 rings (SSSR count). The summed E-state index contributed by atoms with van der Waals surface area (Å²) in [7, 11) is 6.51. The van der Waals surface area contributed by atoms with Crippen molar-refractivity contribution in [1.29, 1.82) is 0 Å². The Bertz CT molecular complexity index is 649. The molecule has 0 aromatic heterocycles. The molecule has 0 unspecified atom stereocenters. The second-order valence-electron chi connectivity index (χ2n) is 4.91. The third-order valence-electron chi connectivity index (χ3n) is 3.61. The minimum Gasteiger partial charge on any atom is -1.00 e.